The maximum Gasteiger partial charge on any atom is 0.340 e. The molecule has 0 heterocycles. The molecule has 1 N–H and O–H groups in total. The number of para-hydroxylation sites is 1. The van der Waals surface area contributed by atoms with Crippen LogP contribution in [0.3, 0.4) is 0 Å². The van der Waals surface area contributed by atoms with Gasteiger partial charge in [-0.15, -0.1) is 0 Å². The van der Waals surface area contributed by atoms with Crippen molar-refractivity contribution >= 4 is 21.7 Å². The number of benzene rings is 2. The summed E-state index contributed by atoms with van der Waals surface area (Å²) in [5, 5.41) is 8.71. The number of carbonyl (C=O) groups is 1. The summed E-state index contributed by atoms with van der Waals surface area (Å²) in [5.41, 5.74) is 0.795. The largest absolute Gasteiger partial charge is 0.490 e. The smallest absolute Gasteiger partial charge is 0.340 e. The highest BCUT2D eigenvalue weighted by Gasteiger charge is 2.14. The molecular weight excluding hydrogens is 344 g/mol. The van der Waals surface area contributed by atoms with Crippen molar-refractivity contribution in [3.8, 4) is 11.8 Å². The molecule has 0 spiro atoms. The number of ether oxygens (including phenoxy) is 2. The van der Waals surface area contributed by atoms with Crippen LogP contribution in [0.2, 0.25) is 0 Å². The molecule has 0 aliphatic rings. The third kappa shape index (κ3) is 5.82. The Bertz CT molecular complexity index is 886. The zero-order valence-electron chi connectivity index (χ0n) is 13.4. The van der Waals surface area contributed by atoms with E-state index >= 15 is 0 Å². The van der Waals surface area contributed by atoms with Crippen molar-refractivity contribution in [1.82, 2.24) is 0 Å². The number of nitriles is 1. The Kier molecular flexibility index (Phi) is 5.98. The van der Waals surface area contributed by atoms with Gasteiger partial charge in [0.15, 0.2) is 0 Å². The first kappa shape index (κ1) is 18.3. The van der Waals surface area contributed by atoms with Crippen LogP contribution in [0.4, 0.5) is 5.69 Å². The van der Waals surface area contributed by atoms with Crippen molar-refractivity contribution in [3.05, 3.63) is 59.7 Å². The van der Waals surface area contributed by atoms with Crippen molar-refractivity contribution in [1.29, 1.82) is 5.26 Å². The molecule has 7 nitrogen and oxygen atoms in total. The lowest BCUT2D eigenvalue weighted by Gasteiger charge is -2.11. The number of hydrogen-bond donors (Lipinski definition) is 1. The van der Waals surface area contributed by atoms with Gasteiger partial charge in [0.05, 0.1) is 29.1 Å². The summed E-state index contributed by atoms with van der Waals surface area (Å²) in [6.45, 7) is 0.116. The van der Waals surface area contributed by atoms with E-state index in [1.165, 1.54) is 12.1 Å². The zero-order chi connectivity index (χ0) is 18.3. The minimum Gasteiger partial charge on any atom is -0.490 e. The van der Waals surface area contributed by atoms with Gasteiger partial charge in [-0.25, -0.2) is 13.2 Å². The summed E-state index contributed by atoms with van der Waals surface area (Å²) >= 11 is 0. The average Bonchev–Trinajstić information content (AvgIpc) is 2.58. The second-order valence-electron chi connectivity index (χ2n) is 5.04. The Morgan fingerprint density at radius 1 is 1.12 bits per heavy atom. The van der Waals surface area contributed by atoms with E-state index in [4.69, 9.17) is 14.7 Å². The first-order valence-corrected chi connectivity index (χ1v) is 9.15. The standard InChI is InChI=1S/C17H16N2O5S/c1-25(21,22)19-16-5-3-2-4-15(16)17(20)24-11-10-23-14-8-6-13(12-18)7-9-14/h2-9,19H,10-11H2,1H3. The highest BCUT2D eigenvalue weighted by molar-refractivity contribution is 7.92. The van der Waals surface area contributed by atoms with Crippen LogP contribution in [0, 0.1) is 11.3 Å². The molecule has 0 saturated carbocycles. The molecule has 0 bridgehead atoms. The zero-order valence-corrected chi connectivity index (χ0v) is 14.2. The van der Waals surface area contributed by atoms with E-state index in [-0.39, 0.29) is 24.5 Å². The SMILES string of the molecule is CS(=O)(=O)Nc1ccccc1C(=O)OCCOc1ccc(C#N)cc1. The third-order valence-corrected chi connectivity index (χ3v) is 3.60. The van der Waals surface area contributed by atoms with Crippen LogP contribution >= 0.6 is 0 Å². The number of rotatable bonds is 7. The maximum absolute atomic E-state index is 12.1. The van der Waals surface area contributed by atoms with E-state index in [1.54, 1.807) is 36.4 Å². The minimum atomic E-state index is -3.51. The van der Waals surface area contributed by atoms with Crippen molar-refractivity contribution < 1.29 is 22.7 Å². The van der Waals surface area contributed by atoms with Gasteiger partial charge in [-0.05, 0) is 36.4 Å². The quantitative estimate of drug-likeness (QED) is 0.599. The summed E-state index contributed by atoms with van der Waals surface area (Å²) in [7, 11) is -3.51. The molecule has 130 valence electrons. The minimum absolute atomic E-state index is 0.00789. The van der Waals surface area contributed by atoms with Gasteiger partial charge in [-0.3, -0.25) is 4.72 Å². The lowest BCUT2D eigenvalue weighted by atomic mass is 10.2. The average molecular weight is 360 g/mol. The topological polar surface area (TPSA) is 105 Å². The maximum atomic E-state index is 12.1. The molecule has 25 heavy (non-hydrogen) atoms. The fraction of sp³-hybridized carbons (Fsp3) is 0.176. The van der Waals surface area contributed by atoms with E-state index in [0.29, 0.717) is 11.3 Å². The highest BCUT2D eigenvalue weighted by Crippen LogP contribution is 2.17. The van der Waals surface area contributed by atoms with Gasteiger partial charge < -0.3 is 9.47 Å². The van der Waals surface area contributed by atoms with Gasteiger partial charge in [0.25, 0.3) is 0 Å². The number of nitrogens with one attached hydrogen (secondary N) is 1. The van der Waals surface area contributed by atoms with E-state index < -0.39 is 16.0 Å². The van der Waals surface area contributed by atoms with E-state index in [1.807, 2.05) is 6.07 Å². The molecule has 0 unspecified atom stereocenters. The van der Waals surface area contributed by atoms with Gasteiger partial charge in [0, 0.05) is 0 Å². The van der Waals surface area contributed by atoms with Crippen LogP contribution in [-0.4, -0.2) is 33.9 Å². The summed E-state index contributed by atoms with van der Waals surface area (Å²) in [4.78, 5) is 12.1. The monoisotopic (exact) mass is 360 g/mol. The molecule has 0 aliphatic heterocycles. The third-order valence-electron chi connectivity index (χ3n) is 3.01. The molecule has 0 atom stereocenters. The fourth-order valence-electron chi connectivity index (χ4n) is 1.95. The van der Waals surface area contributed by atoms with Crippen molar-refractivity contribution in [2.45, 2.75) is 0 Å². The number of sulfonamides is 1. The molecule has 0 amide bonds. The summed E-state index contributed by atoms with van der Waals surface area (Å²) < 4.78 is 35.4. The Labute approximate surface area is 145 Å². The number of anilines is 1. The molecule has 8 heteroatoms. The summed E-state index contributed by atoms with van der Waals surface area (Å²) in [6.07, 6.45) is 1.00. The first-order valence-electron chi connectivity index (χ1n) is 7.26. The molecule has 0 aromatic heterocycles. The Morgan fingerprint density at radius 2 is 1.80 bits per heavy atom. The van der Waals surface area contributed by atoms with Gasteiger partial charge in [-0.2, -0.15) is 5.26 Å². The number of nitrogens with zero attached hydrogens (tertiary/aromatic N) is 1. The van der Waals surface area contributed by atoms with Crippen LogP contribution in [0.1, 0.15) is 15.9 Å². The number of esters is 1. The predicted octanol–water partition coefficient (Wildman–Crippen LogP) is 2.17. The van der Waals surface area contributed by atoms with Crippen molar-refractivity contribution in [2.75, 3.05) is 24.2 Å². The summed E-state index contributed by atoms with van der Waals surface area (Å²) in [6, 6.07) is 14.7. The van der Waals surface area contributed by atoms with Crippen LogP contribution in [0.25, 0.3) is 0 Å². The molecule has 0 aliphatic carbocycles. The van der Waals surface area contributed by atoms with Gasteiger partial charge in [0.2, 0.25) is 10.0 Å². The Morgan fingerprint density at radius 3 is 2.44 bits per heavy atom. The van der Waals surface area contributed by atoms with E-state index in [0.717, 1.165) is 6.26 Å². The van der Waals surface area contributed by atoms with Crippen molar-refractivity contribution in [2.24, 2.45) is 0 Å². The first-order chi connectivity index (χ1) is 11.9. The number of hydrogen-bond acceptors (Lipinski definition) is 6. The lowest BCUT2D eigenvalue weighted by Crippen LogP contribution is -2.16. The molecule has 0 radical (unpaired) electrons. The predicted molar refractivity (Wildman–Crippen MR) is 91.8 cm³/mol. The second-order valence-corrected chi connectivity index (χ2v) is 6.79. The van der Waals surface area contributed by atoms with Crippen LogP contribution in [0.5, 0.6) is 5.75 Å². The fourth-order valence-corrected chi connectivity index (χ4v) is 2.52. The van der Waals surface area contributed by atoms with Gasteiger partial charge in [0.1, 0.15) is 19.0 Å². The van der Waals surface area contributed by atoms with Crippen LogP contribution in [-0.2, 0) is 14.8 Å². The lowest BCUT2D eigenvalue weighted by molar-refractivity contribution is 0.0451. The Balaban J connectivity index is 1.89. The molecule has 2 rings (SSSR count). The summed E-state index contributed by atoms with van der Waals surface area (Å²) in [5.74, 6) is -0.107. The Hall–Kier alpha value is -3.05. The normalized spacial score (nSPS) is 10.6. The van der Waals surface area contributed by atoms with Crippen LogP contribution < -0.4 is 9.46 Å². The van der Waals surface area contributed by atoms with Crippen molar-refractivity contribution in [3.63, 3.8) is 0 Å². The molecule has 2 aromatic carbocycles. The van der Waals surface area contributed by atoms with Gasteiger partial charge in [-0.1, -0.05) is 12.1 Å². The molecule has 0 saturated heterocycles. The molecule has 0 fully saturated rings. The molecular formula is C17H16N2O5S. The number of carbonyl (C=O) groups excluding carboxylic acids is 1. The molecule has 2 aromatic rings. The van der Waals surface area contributed by atoms with E-state index in [2.05, 4.69) is 4.72 Å². The highest BCUT2D eigenvalue weighted by atomic mass is 32.2. The van der Waals surface area contributed by atoms with E-state index in [9.17, 15) is 13.2 Å². The van der Waals surface area contributed by atoms with Gasteiger partial charge >= 0.3 is 5.97 Å². The van der Waals surface area contributed by atoms with Crippen LogP contribution in [0.15, 0.2) is 48.5 Å². The second kappa shape index (κ2) is 8.17.